The zero-order chi connectivity index (χ0) is 17.9. The average Bonchev–Trinajstić information content (AvgIpc) is 2.53. The van der Waals surface area contributed by atoms with Gasteiger partial charge in [-0.25, -0.2) is 13.2 Å². The predicted octanol–water partition coefficient (Wildman–Crippen LogP) is 2.50. The number of halogens is 3. The third-order valence-electron chi connectivity index (χ3n) is 4.12. The van der Waals surface area contributed by atoms with Gasteiger partial charge >= 0.3 is 5.97 Å². The molecule has 1 N–H and O–H groups in total. The number of methoxy groups -OCH3 is 1. The molecule has 1 aromatic carbocycles. The van der Waals surface area contributed by atoms with E-state index in [-0.39, 0.29) is 30.9 Å². The Labute approximate surface area is 137 Å². The molecule has 2 unspecified atom stereocenters. The van der Waals surface area contributed by atoms with Gasteiger partial charge in [0.2, 0.25) is 5.91 Å². The van der Waals surface area contributed by atoms with Gasteiger partial charge in [0, 0.05) is 26.7 Å². The topological polar surface area (TPSA) is 66.8 Å². The van der Waals surface area contributed by atoms with Crippen LogP contribution in [-0.2, 0) is 14.3 Å². The van der Waals surface area contributed by atoms with Gasteiger partial charge in [0.05, 0.1) is 12.0 Å². The lowest BCUT2D eigenvalue weighted by molar-refractivity contribution is -0.152. The quantitative estimate of drug-likeness (QED) is 0.635. The summed E-state index contributed by atoms with van der Waals surface area (Å²) in [5.41, 5.74) is -0.0655. The van der Waals surface area contributed by atoms with Gasteiger partial charge < -0.3 is 14.7 Å². The number of carboxylic acids is 1. The van der Waals surface area contributed by atoms with Gasteiger partial charge in [-0.3, -0.25) is 9.59 Å². The van der Waals surface area contributed by atoms with E-state index in [9.17, 15) is 27.9 Å². The van der Waals surface area contributed by atoms with E-state index in [4.69, 9.17) is 4.74 Å². The Bertz CT molecular complexity index is 615. The second-order valence-electron chi connectivity index (χ2n) is 5.66. The molecule has 1 saturated heterocycles. The Hall–Kier alpha value is -2.09. The van der Waals surface area contributed by atoms with Crippen molar-refractivity contribution < 1.29 is 32.6 Å². The Morgan fingerprint density at radius 2 is 1.96 bits per heavy atom. The fourth-order valence-corrected chi connectivity index (χ4v) is 3.01. The van der Waals surface area contributed by atoms with Crippen molar-refractivity contribution in [2.24, 2.45) is 5.92 Å². The van der Waals surface area contributed by atoms with E-state index in [2.05, 4.69) is 0 Å². The van der Waals surface area contributed by atoms with Gasteiger partial charge in [-0.15, -0.1) is 0 Å². The van der Waals surface area contributed by atoms with Crippen molar-refractivity contribution in [3.63, 3.8) is 0 Å². The molecule has 2 rings (SSSR count). The molecule has 0 aromatic heterocycles. The van der Waals surface area contributed by atoms with Crippen molar-refractivity contribution in [1.29, 1.82) is 0 Å². The van der Waals surface area contributed by atoms with Crippen LogP contribution in [0.3, 0.4) is 0 Å². The highest BCUT2D eigenvalue weighted by atomic mass is 19.2. The minimum atomic E-state index is -1.63. The van der Waals surface area contributed by atoms with Crippen LogP contribution in [0.25, 0.3) is 0 Å². The number of carboxylic acid groups (broad SMARTS) is 1. The van der Waals surface area contributed by atoms with Crippen LogP contribution in [-0.4, -0.2) is 42.1 Å². The molecule has 1 aliphatic rings. The van der Waals surface area contributed by atoms with E-state index < -0.39 is 35.4 Å². The summed E-state index contributed by atoms with van der Waals surface area (Å²) >= 11 is 0. The molecule has 0 saturated carbocycles. The van der Waals surface area contributed by atoms with Gasteiger partial charge in [0.15, 0.2) is 17.5 Å². The van der Waals surface area contributed by atoms with E-state index in [1.807, 2.05) is 0 Å². The summed E-state index contributed by atoms with van der Waals surface area (Å²) in [4.78, 5) is 25.0. The molecule has 0 radical (unpaired) electrons. The fraction of sp³-hybridized carbons (Fsp3) is 0.500. The summed E-state index contributed by atoms with van der Waals surface area (Å²) in [6.07, 6.45) is 0.532. The maximum absolute atomic E-state index is 13.6. The van der Waals surface area contributed by atoms with E-state index in [0.29, 0.717) is 13.0 Å². The smallest absolute Gasteiger partial charge is 0.308 e. The van der Waals surface area contributed by atoms with Gasteiger partial charge in [-0.1, -0.05) is 0 Å². The number of aliphatic carboxylic acids is 1. The summed E-state index contributed by atoms with van der Waals surface area (Å²) < 4.78 is 45.2. The fourth-order valence-electron chi connectivity index (χ4n) is 3.01. The molecular weight excluding hydrogens is 327 g/mol. The summed E-state index contributed by atoms with van der Waals surface area (Å²) in [6, 6.07) is 0.451. The molecule has 0 aliphatic carbocycles. The second-order valence-corrected chi connectivity index (χ2v) is 5.66. The Morgan fingerprint density at radius 3 is 2.50 bits per heavy atom. The van der Waals surface area contributed by atoms with Gasteiger partial charge in [-0.05, 0) is 30.5 Å². The van der Waals surface area contributed by atoms with Crippen molar-refractivity contribution in [1.82, 2.24) is 4.90 Å². The first-order valence-electron chi connectivity index (χ1n) is 7.52. The first-order valence-corrected chi connectivity index (χ1v) is 7.52. The number of carbonyl (C=O) groups is 2. The highest BCUT2D eigenvalue weighted by Gasteiger charge is 2.41. The lowest BCUT2D eigenvalue weighted by Gasteiger charge is -2.40. The van der Waals surface area contributed by atoms with E-state index >= 15 is 0 Å². The van der Waals surface area contributed by atoms with E-state index in [0.717, 1.165) is 12.1 Å². The number of rotatable bonds is 6. The van der Waals surface area contributed by atoms with Gasteiger partial charge in [-0.2, -0.15) is 0 Å². The van der Waals surface area contributed by atoms with Crippen molar-refractivity contribution in [2.75, 3.05) is 20.3 Å². The van der Waals surface area contributed by atoms with Crippen molar-refractivity contribution >= 4 is 11.9 Å². The van der Waals surface area contributed by atoms with E-state index in [1.54, 1.807) is 0 Å². The number of piperidine rings is 1. The first kappa shape index (κ1) is 18.3. The van der Waals surface area contributed by atoms with Crippen molar-refractivity contribution in [2.45, 2.75) is 25.3 Å². The first-order chi connectivity index (χ1) is 11.4. The number of hydrogen-bond acceptors (Lipinski definition) is 3. The van der Waals surface area contributed by atoms with Crippen LogP contribution in [0.5, 0.6) is 0 Å². The second kappa shape index (κ2) is 7.65. The average molecular weight is 345 g/mol. The van der Waals surface area contributed by atoms with Gasteiger partial charge in [0.25, 0.3) is 0 Å². The van der Waals surface area contributed by atoms with Crippen LogP contribution in [0, 0.1) is 23.4 Å². The molecule has 132 valence electrons. The van der Waals surface area contributed by atoms with Crippen molar-refractivity contribution in [3.05, 3.63) is 35.1 Å². The molecule has 1 heterocycles. The lowest BCUT2D eigenvalue weighted by atomic mass is 9.84. The number of carbonyl (C=O) groups excluding carboxylic acids is 1. The normalized spacial score (nSPS) is 21.2. The maximum Gasteiger partial charge on any atom is 0.308 e. The molecule has 1 fully saturated rings. The molecule has 0 spiro atoms. The standard InChI is InChI=1S/C16H18F3NO4/c1-24-6-2-5-20-13(21)4-3-10(16(22)23)15(20)9-7-11(17)14(19)12(18)8-9/h7-8,10,15H,2-6H2,1H3,(H,22,23). The summed E-state index contributed by atoms with van der Waals surface area (Å²) in [7, 11) is 1.49. The van der Waals surface area contributed by atoms with Crippen molar-refractivity contribution in [3.8, 4) is 0 Å². The number of hydrogen-bond donors (Lipinski definition) is 1. The predicted molar refractivity (Wildman–Crippen MR) is 77.6 cm³/mol. The summed E-state index contributed by atoms with van der Waals surface area (Å²) in [5, 5.41) is 9.41. The van der Waals surface area contributed by atoms with Crippen LogP contribution < -0.4 is 0 Å². The largest absolute Gasteiger partial charge is 0.481 e. The summed E-state index contributed by atoms with van der Waals surface area (Å²) in [6.45, 7) is 0.530. The van der Waals surface area contributed by atoms with Crippen LogP contribution in [0.1, 0.15) is 30.9 Å². The van der Waals surface area contributed by atoms with Crippen LogP contribution in [0.2, 0.25) is 0 Å². The molecule has 1 aliphatic heterocycles. The molecule has 8 heteroatoms. The third-order valence-corrected chi connectivity index (χ3v) is 4.12. The third kappa shape index (κ3) is 3.69. The van der Waals surface area contributed by atoms with Crippen LogP contribution in [0.15, 0.2) is 12.1 Å². The number of amides is 1. The number of nitrogens with zero attached hydrogens (tertiary/aromatic N) is 1. The molecule has 1 aromatic rings. The van der Waals surface area contributed by atoms with Crippen LogP contribution in [0.4, 0.5) is 13.2 Å². The molecule has 0 bridgehead atoms. The monoisotopic (exact) mass is 345 g/mol. The van der Waals surface area contributed by atoms with Crippen LogP contribution >= 0.6 is 0 Å². The number of likely N-dealkylation sites (tertiary alicyclic amines) is 1. The Balaban J connectivity index is 2.43. The number of benzene rings is 1. The lowest BCUT2D eigenvalue weighted by Crippen LogP contribution is -2.46. The molecule has 5 nitrogen and oxygen atoms in total. The Kier molecular flexibility index (Phi) is 5.82. The zero-order valence-corrected chi connectivity index (χ0v) is 13.1. The number of ether oxygens (including phenoxy) is 1. The highest BCUT2D eigenvalue weighted by molar-refractivity contribution is 5.81. The Morgan fingerprint density at radius 1 is 1.33 bits per heavy atom. The summed E-state index contributed by atoms with van der Waals surface area (Å²) in [5.74, 6) is -6.95. The molecular formula is C16H18F3NO4. The molecule has 2 atom stereocenters. The van der Waals surface area contributed by atoms with E-state index in [1.165, 1.54) is 12.0 Å². The van der Waals surface area contributed by atoms with Gasteiger partial charge in [0.1, 0.15) is 0 Å². The molecule has 1 amide bonds. The molecule has 24 heavy (non-hydrogen) atoms. The minimum Gasteiger partial charge on any atom is -0.481 e. The maximum atomic E-state index is 13.6. The highest BCUT2D eigenvalue weighted by Crippen LogP contribution is 2.38. The SMILES string of the molecule is COCCCN1C(=O)CCC(C(=O)O)C1c1cc(F)c(F)c(F)c1. The zero-order valence-electron chi connectivity index (χ0n) is 13.1. The minimum absolute atomic E-state index is 0.0343.